The van der Waals surface area contributed by atoms with Gasteiger partial charge in [-0.25, -0.2) is 8.42 Å². The summed E-state index contributed by atoms with van der Waals surface area (Å²) in [6.07, 6.45) is 1.54. The fourth-order valence-electron chi connectivity index (χ4n) is 2.34. The number of quaternary nitrogens is 1. The van der Waals surface area contributed by atoms with Crippen LogP contribution in [0, 0.1) is 0 Å². The first-order valence-electron chi connectivity index (χ1n) is 5.14. The number of hydrogen-bond acceptors (Lipinski definition) is 3. The topological polar surface area (TPSA) is 54.4 Å². The molecule has 0 amide bonds. The molecular formula is C9H18NO3S+. The van der Waals surface area contributed by atoms with Crippen molar-refractivity contribution in [3.63, 3.8) is 0 Å². The van der Waals surface area contributed by atoms with Gasteiger partial charge in [0.1, 0.15) is 0 Å². The molecule has 0 unspecified atom stereocenters. The molecule has 2 rings (SSSR count). The molecule has 5 heteroatoms. The summed E-state index contributed by atoms with van der Waals surface area (Å²) < 4.78 is 23.4. The van der Waals surface area contributed by atoms with Crippen molar-refractivity contribution in [3.8, 4) is 0 Å². The minimum absolute atomic E-state index is 0.145. The highest BCUT2D eigenvalue weighted by atomic mass is 32.2. The van der Waals surface area contributed by atoms with Gasteiger partial charge in [0.25, 0.3) is 0 Å². The molecule has 2 aliphatic rings. The first-order valence-corrected chi connectivity index (χ1v) is 6.96. The lowest BCUT2D eigenvalue weighted by molar-refractivity contribution is -0.937. The predicted molar refractivity (Wildman–Crippen MR) is 53.6 cm³/mol. The van der Waals surface area contributed by atoms with Gasteiger partial charge in [-0.3, -0.25) is 0 Å². The summed E-state index contributed by atoms with van der Waals surface area (Å²) in [4.78, 5) is 0. The highest BCUT2D eigenvalue weighted by Gasteiger charge is 2.45. The molecule has 1 heterocycles. The Morgan fingerprint density at radius 2 is 1.71 bits per heavy atom. The second-order valence-electron chi connectivity index (χ2n) is 4.86. The van der Waals surface area contributed by atoms with E-state index in [-0.39, 0.29) is 6.10 Å². The Bertz CT molecular complexity index is 305. The molecule has 0 atom stereocenters. The molecule has 0 aromatic heterocycles. The van der Waals surface area contributed by atoms with Gasteiger partial charge < -0.3 is 9.59 Å². The van der Waals surface area contributed by atoms with Crippen LogP contribution in [0.25, 0.3) is 0 Å². The standard InChI is InChI=1S/C9H18NO3S/c1-10(8-6-9(11)7-8)2-4-14(12,13)5-3-10/h8-9,11H,2-7H2,1H3/q+1. The second-order valence-corrected chi connectivity index (χ2v) is 7.16. The lowest BCUT2D eigenvalue weighted by atomic mass is 9.86. The Kier molecular flexibility index (Phi) is 2.36. The Labute approximate surface area is 85.0 Å². The first-order chi connectivity index (χ1) is 6.41. The van der Waals surface area contributed by atoms with Crippen LogP contribution >= 0.6 is 0 Å². The van der Waals surface area contributed by atoms with E-state index in [4.69, 9.17) is 0 Å². The first kappa shape index (κ1) is 10.4. The van der Waals surface area contributed by atoms with Crippen molar-refractivity contribution in [3.05, 3.63) is 0 Å². The Balaban J connectivity index is 1.99. The number of sulfone groups is 1. The van der Waals surface area contributed by atoms with Crippen molar-refractivity contribution in [1.29, 1.82) is 0 Å². The summed E-state index contributed by atoms with van der Waals surface area (Å²) in [6.45, 7) is 1.44. The Morgan fingerprint density at radius 1 is 1.21 bits per heavy atom. The number of hydrogen-bond donors (Lipinski definition) is 1. The van der Waals surface area contributed by atoms with Crippen LogP contribution in [0.15, 0.2) is 0 Å². The van der Waals surface area contributed by atoms with E-state index in [1.807, 2.05) is 0 Å². The summed E-state index contributed by atoms with van der Waals surface area (Å²) in [7, 11) is -0.647. The van der Waals surface area contributed by atoms with Crippen LogP contribution in [-0.2, 0) is 9.84 Å². The molecule has 1 aliphatic heterocycles. The van der Waals surface area contributed by atoms with Gasteiger partial charge in [0.15, 0.2) is 9.84 Å². The molecule has 1 N–H and O–H groups in total. The van der Waals surface area contributed by atoms with Gasteiger partial charge in [-0.2, -0.15) is 0 Å². The SMILES string of the molecule is C[N+]1(C2CC(O)C2)CCS(=O)(=O)CC1. The van der Waals surface area contributed by atoms with Crippen molar-refractivity contribution in [2.45, 2.75) is 25.0 Å². The maximum absolute atomic E-state index is 11.3. The number of aliphatic hydroxyl groups is 1. The molecule has 0 aromatic rings. The lowest BCUT2D eigenvalue weighted by Gasteiger charge is -2.49. The third-order valence-electron chi connectivity index (χ3n) is 3.80. The summed E-state index contributed by atoms with van der Waals surface area (Å²) in [5.41, 5.74) is 0. The summed E-state index contributed by atoms with van der Waals surface area (Å²) in [6, 6.07) is 0.487. The smallest absolute Gasteiger partial charge is 0.161 e. The monoisotopic (exact) mass is 220 g/mol. The normalized spacial score (nSPS) is 40.1. The highest BCUT2D eigenvalue weighted by molar-refractivity contribution is 7.91. The zero-order valence-corrected chi connectivity index (χ0v) is 9.33. The molecule has 4 nitrogen and oxygen atoms in total. The van der Waals surface area contributed by atoms with Crippen LogP contribution in [0.5, 0.6) is 0 Å². The van der Waals surface area contributed by atoms with Crippen LogP contribution in [0.3, 0.4) is 0 Å². The number of aliphatic hydroxyl groups excluding tert-OH is 1. The van der Waals surface area contributed by atoms with E-state index < -0.39 is 9.84 Å². The molecule has 2 fully saturated rings. The van der Waals surface area contributed by atoms with E-state index in [0.717, 1.165) is 30.4 Å². The van der Waals surface area contributed by atoms with Crippen LogP contribution in [0.2, 0.25) is 0 Å². The van der Waals surface area contributed by atoms with Crippen molar-refractivity contribution in [2.24, 2.45) is 0 Å². The van der Waals surface area contributed by atoms with Gasteiger partial charge in [0.05, 0.1) is 43.8 Å². The number of rotatable bonds is 1. The molecule has 14 heavy (non-hydrogen) atoms. The maximum atomic E-state index is 11.3. The minimum Gasteiger partial charge on any atom is -0.393 e. The third kappa shape index (κ3) is 1.81. The molecule has 0 radical (unpaired) electrons. The van der Waals surface area contributed by atoms with Gasteiger partial charge in [-0.1, -0.05) is 0 Å². The van der Waals surface area contributed by atoms with E-state index in [1.165, 1.54) is 0 Å². The van der Waals surface area contributed by atoms with Crippen molar-refractivity contribution in [2.75, 3.05) is 31.6 Å². The summed E-state index contributed by atoms with van der Waals surface area (Å²) in [5.74, 6) is 0.631. The van der Waals surface area contributed by atoms with Crippen LogP contribution < -0.4 is 0 Å². The van der Waals surface area contributed by atoms with Crippen LogP contribution in [-0.4, -0.2) is 61.8 Å². The molecule has 1 saturated carbocycles. The van der Waals surface area contributed by atoms with Crippen LogP contribution in [0.1, 0.15) is 12.8 Å². The molecule has 0 aromatic carbocycles. The van der Waals surface area contributed by atoms with Crippen molar-refractivity contribution in [1.82, 2.24) is 0 Å². The van der Waals surface area contributed by atoms with E-state index in [2.05, 4.69) is 7.05 Å². The zero-order chi connectivity index (χ0) is 10.4. The number of nitrogens with zero attached hydrogens (tertiary/aromatic N) is 1. The Hall–Kier alpha value is -0.130. The average molecular weight is 220 g/mol. The quantitative estimate of drug-likeness (QED) is 0.600. The highest BCUT2D eigenvalue weighted by Crippen LogP contribution is 2.31. The van der Waals surface area contributed by atoms with Crippen molar-refractivity contribution < 1.29 is 18.0 Å². The van der Waals surface area contributed by atoms with E-state index in [9.17, 15) is 13.5 Å². The minimum atomic E-state index is -2.76. The van der Waals surface area contributed by atoms with Gasteiger partial charge in [0, 0.05) is 12.8 Å². The molecule has 0 spiro atoms. The van der Waals surface area contributed by atoms with Gasteiger partial charge in [-0.05, 0) is 0 Å². The fraction of sp³-hybridized carbons (Fsp3) is 1.00. The van der Waals surface area contributed by atoms with Gasteiger partial charge >= 0.3 is 0 Å². The van der Waals surface area contributed by atoms with Gasteiger partial charge in [0.2, 0.25) is 0 Å². The summed E-state index contributed by atoms with van der Waals surface area (Å²) >= 11 is 0. The molecule has 82 valence electrons. The zero-order valence-electron chi connectivity index (χ0n) is 8.52. The average Bonchev–Trinajstić information content (AvgIpc) is 2.06. The predicted octanol–water partition coefficient (Wildman–Crippen LogP) is -0.615. The molecule has 1 saturated heterocycles. The fourth-order valence-corrected chi connectivity index (χ4v) is 3.94. The maximum Gasteiger partial charge on any atom is 0.161 e. The second kappa shape index (κ2) is 3.18. The van der Waals surface area contributed by atoms with Gasteiger partial charge in [-0.15, -0.1) is 0 Å². The van der Waals surface area contributed by atoms with Crippen LogP contribution in [0.4, 0.5) is 0 Å². The lowest BCUT2D eigenvalue weighted by Crippen LogP contribution is -2.64. The van der Waals surface area contributed by atoms with Crippen molar-refractivity contribution >= 4 is 9.84 Å². The molecular weight excluding hydrogens is 202 g/mol. The van der Waals surface area contributed by atoms with E-state index >= 15 is 0 Å². The van der Waals surface area contributed by atoms with E-state index in [1.54, 1.807) is 0 Å². The molecule has 1 aliphatic carbocycles. The third-order valence-corrected chi connectivity index (χ3v) is 5.41. The van der Waals surface area contributed by atoms with E-state index in [0.29, 0.717) is 17.5 Å². The Morgan fingerprint density at radius 3 is 2.14 bits per heavy atom. The summed E-state index contributed by atoms with van der Waals surface area (Å²) in [5, 5.41) is 9.24. The largest absolute Gasteiger partial charge is 0.393 e. The molecule has 0 bridgehead atoms.